The molecule has 0 saturated heterocycles. The molecule has 3 aliphatic carbocycles. The standard InChI is InChI=1S/C24H28N2O/c1-23(2)13-16-12-18-21(22(26-25-18)15-8-7-9-15)24(3,20(16)19(27)14-23)17-10-5-4-6-11-17/h4-6,10-11,15H,7-9,12-14H2,1-3H3,(H,25,26). The zero-order valence-electron chi connectivity index (χ0n) is 16.6. The van der Waals surface area contributed by atoms with Crippen LogP contribution in [-0.2, 0) is 16.6 Å². The number of fused-ring (bicyclic) bond motifs is 1. The van der Waals surface area contributed by atoms with Gasteiger partial charge in [-0.15, -0.1) is 0 Å². The molecule has 27 heavy (non-hydrogen) atoms. The number of hydrogen-bond donors (Lipinski definition) is 1. The minimum absolute atomic E-state index is 0.0435. The number of Topliss-reactive ketones (excluding diaryl/α,β-unsaturated/α-hetero) is 1. The monoisotopic (exact) mass is 360 g/mol. The summed E-state index contributed by atoms with van der Waals surface area (Å²) in [6, 6.07) is 10.6. The average Bonchev–Trinajstić information content (AvgIpc) is 2.96. The van der Waals surface area contributed by atoms with Gasteiger partial charge >= 0.3 is 0 Å². The number of H-pyrrole nitrogens is 1. The SMILES string of the molecule is CC1(C)CC(=O)C2=C(Cc3[nH]nc(C4CCC4)c3C2(C)c2ccccc2)C1. The first kappa shape index (κ1) is 17.0. The van der Waals surface area contributed by atoms with Crippen molar-refractivity contribution in [1.82, 2.24) is 10.2 Å². The van der Waals surface area contributed by atoms with E-state index in [1.807, 2.05) is 0 Å². The van der Waals surface area contributed by atoms with Crippen LogP contribution in [0.15, 0.2) is 41.5 Å². The predicted octanol–water partition coefficient (Wildman–Crippen LogP) is 5.23. The van der Waals surface area contributed by atoms with Crippen LogP contribution >= 0.6 is 0 Å². The number of nitrogens with zero attached hydrogens (tertiary/aromatic N) is 1. The molecule has 2 aromatic rings. The summed E-state index contributed by atoms with van der Waals surface area (Å²) in [6.07, 6.45) is 6.20. The summed E-state index contributed by atoms with van der Waals surface area (Å²) < 4.78 is 0. The number of rotatable bonds is 2. The molecule has 3 nitrogen and oxygen atoms in total. The number of carbonyl (C=O) groups excluding carboxylic acids is 1. The second-order valence-corrected chi connectivity index (χ2v) is 9.68. The van der Waals surface area contributed by atoms with Crippen LogP contribution in [-0.4, -0.2) is 16.0 Å². The molecule has 1 aromatic carbocycles. The van der Waals surface area contributed by atoms with Crippen LogP contribution < -0.4 is 0 Å². The van der Waals surface area contributed by atoms with Crippen LogP contribution in [0.2, 0.25) is 0 Å². The molecule has 0 radical (unpaired) electrons. The highest BCUT2D eigenvalue weighted by Crippen LogP contribution is 2.54. The molecule has 0 spiro atoms. The van der Waals surface area contributed by atoms with Gasteiger partial charge in [0.1, 0.15) is 0 Å². The lowest BCUT2D eigenvalue weighted by atomic mass is 9.57. The van der Waals surface area contributed by atoms with Crippen molar-refractivity contribution in [3.05, 3.63) is 64.0 Å². The number of carbonyl (C=O) groups is 1. The fourth-order valence-electron chi connectivity index (χ4n) is 5.69. The van der Waals surface area contributed by atoms with Crippen molar-refractivity contribution in [2.24, 2.45) is 5.41 Å². The topological polar surface area (TPSA) is 45.8 Å². The maximum absolute atomic E-state index is 13.4. The zero-order valence-corrected chi connectivity index (χ0v) is 16.6. The lowest BCUT2D eigenvalue weighted by Crippen LogP contribution is -2.41. The Morgan fingerprint density at radius 3 is 2.48 bits per heavy atom. The largest absolute Gasteiger partial charge is 0.294 e. The van der Waals surface area contributed by atoms with Crippen LogP contribution in [0.5, 0.6) is 0 Å². The number of ketones is 1. The first-order valence-corrected chi connectivity index (χ1v) is 10.3. The Hall–Kier alpha value is -2.16. The van der Waals surface area contributed by atoms with Crippen LogP contribution in [0.4, 0.5) is 0 Å². The van der Waals surface area contributed by atoms with Crippen LogP contribution in [0.1, 0.15) is 81.3 Å². The van der Waals surface area contributed by atoms with Crippen molar-refractivity contribution in [1.29, 1.82) is 0 Å². The van der Waals surface area contributed by atoms with Crippen LogP contribution in [0.25, 0.3) is 0 Å². The molecule has 3 aliphatic rings. The normalized spacial score (nSPS) is 27.1. The third-order valence-electron chi connectivity index (χ3n) is 7.07. The van der Waals surface area contributed by atoms with E-state index in [2.05, 4.69) is 56.2 Å². The fourth-order valence-corrected chi connectivity index (χ4v) is 5.69. The van der Waals surface area contributed by atoms with E-state index in [9.17, 15) is 4.79 Å². The second-order valence-electron chi connectivity index (χ2n) is 9.68. The first-order valence-electron chi connectivity index (χ1n) is 10.3. The molecular weight excluding hydrogens is 332 g/mol. The molecule has 1 heterocycles. The molecule has 3 heteroatoms. The summed E-state index contributed by atoms with van der Waals surface area (Å²) in [4.78, 5) is 13.4. The van der Waals surface area contributed by atoms with Gasteiger partial charge < -0.3 is 0 Å². The van der Waals surface area contributed by atoms with Crippen molar-refractivity contribution < 1.29 is 4.79 Å². The molecule has 0 aliphatic heterocycles. The van der Waals surface area contributed by atoms with Gasteiger partial charge in [-0.05, 0) is 37.2 Å². The van der Waals surface area contributed by atoms with E-state index in [0.717, 1.165) is 18.4 Å². The van der Waals surface area contributed by atoms with Gasteiger partial charge in [0.25, 0.3) is 0 Å². The Morgan fingerprint density at radius 1 is 1.07 bits per heavy atom. The first-order chi connectivity index (χ1) is 12.9. The quantitative estimate of drug-likeness (QED) is 0.797. The number of aromatic amines is 1. The summed E-state index contributed by atoms with van der Waals surface area (Å²) in [5.41, 5.74) is 6.98. The van der Waals surface area contributed by atoms with Gasteiger partial charge in [-0.1, -0.05) is 56.2 Å². The molecule has 5 rings (SSSR count). The Labute approximate surface area is 161 Å². The number of nitrogens with one attached hydrogen (secondary N) is 1. The van der Waals surface area contributed by atoms with Gasteiger partial charge in [-0.2, -0.15) is 5.10 Å². The second kappa shape index (κ2) is 5.67. The number of aromatic nitrogens is 2. The van der Waals surface area contributed by atoms with Crippen molar-refractivity contribution in [3.63, 3.8) is 0 Å². The highest BCUT2D eigenvalue weighted by atomic mass is 16.1. The number of hydrogen-bond acceptors (Lipinski definition) is 2. The molecule has 1 saturated carbocycles. The van der Waals surface area contributed by atoms with Crippen molar-refractivity contribution in [2.45, 2.75) is 70.6 Å². The van der Waals surface area contributed by atoms with Gasteiger partial charge in [-0.3, -0.25) is 9.89 Å². The van der Waals surface area contributed by atoms with Crippen molar-refractivity contribution in [3.8, 4) is 0 Å². The predicted molar refractivity (Wildman–Crippen MR) is 107 cm³/mol. The van der Waals surface area contributed by atoms with Gasteiger partial charge in [0, 0.05) is 41.0 Å². The Morgan fingerprint density at radius 2 is 1.81 bits per heavy atom. The van der Waals surface area contributed by atoms with E-state index < -0.39 is 5.41 Å². The van der Waals surface area contributed by atoms with E-state index in [-0.39, 0.29) is 5.41 Å². The van der Waals surface area contributed by atoms with Gasteiger partial charge in [-0.25, -0.2) is 0 Å². The van der Waals surface area contributed by atoms with E-state index in [1.165, 1.54) is 47.4 Å². The molecule has 1 fully saturated rings. The van der Waals surface area contributed by atoms with Gasteiger partial charge in [0.2, 0.25) is 0 Å². The smallest absolute Gasteiger partial charge is 0.160 e. The number of allylic oxidation sites excluding steroid dienone is 2. The molecule has 1 aromatic heterocycles. The van der Waals surface area contributed by atoms with Gasteiger partial charge in [0.15, 0.2) is 5.78 Å². The molecule has 1 N–H and O–H groups in total. The van der Waals surface area contributed by atoms with Crippen molar-refractivity contribution >= 4 is 5.78 Å². The third kappa shape index (κ3) is 2.40. The average molecular weight is 361 g/mol. The molecule has 0 amide bonds. The van der Waals surface area contributed by atoms with E-state index >= 15 is 0 Å². The summed E-state index contributed by atoms with van der Waals surface area (Å²) in [7, 11) is 0. The highest BCUT2D eigenvalue weighted by Gasteiger charge is 2.49. The summed E-state index contributed by atoms with van der Waals surface area (Å²) in [6.45, 7) is 6.71. The van der Waals surface area contributed by atoms with E-state index in [4.69, 9.17) is 5.10 Å². The lowest BCUT2D eigenvalue weighted by molar-refractivity contribution is -0.118. The molecule has 1 unspecified atom stereocenters. The maximum Gasteiger partial charge on any atom is 0.160 e. The van der Waals surface area contributed by atoms with Crippen LogP contribution in [0.3, 0.4) is 0 Å². The minimum Gasteiger partial charge on any atom is -0.294 e. The Kier molecular flexibility index (Phi) is 3.56. The zero-order chi connectivity index (χ0) is 18.8. The molecule has 0 bridgehead atoms. The van der Waals surface area contributed by atoms with Gasteiger partial charge in [0.05, 0.1) is 5.69 Å². The van der Waals surface area contributed by atoms with E-state index in [0.29, 0.717) is 18.1 Å². The summed E-state index contributed by atoms with van der Waals surface area (Å²) >= 11 is 0. The molecule has 140 valence electrons. The summed E-state index contributed by atoms with van der Waals surface area (Å²) in [5.74, 6) is 0.879. The Bertz CT molecular complexity index is 946. The fraction of sp³-hybridized carbons (Fsp3) is 0.500. The molecular formula is C24H28N2O. The minimum atomic E-state index is -0.393. The molecule has 1 atom stereocenters. The third-order valence-corrected chi connectivity index (χ3v) is 7.07. The van der Waals surface area contributed by atoms with E-state index in [1.54, 1.807) is 0 Å². The van der Waals surface area contributed by atoms with Crippen molar-refractivity contribution in [2.75, 3.05) is 0 Å². The summed E-state index contributed by atoms with van der Waals surface area (Å²) in [5, 5.41) is 8.18. The lowest BCUT2D eigenvalue weighted by Gasteiger charge is -2.44. The maximum atomic E-state index is 13.4. The highest BCUT2D eigenvalue weighted by molar-refractivity contribution is 6.01. The number of benzene rings is 1. The Balaban J connectivity index is 1.77. The van der Waals surface area contributed by atoms with Crippen LogP contribution in [0, 0.1) is 5.41 Å².